The van der Waals surface area contributed by atoms with Crippen LogP contribution < -0.4 is 0 Å². The Bertz CT molecular complexity index is 476. The number of ether oxygens (including phenoxy) is 1. The molecule has 0 radical (unpaired) electrons. The minimum atomic E-state index is -0.354. The SMILES string of the molecule is [2H]c1c([2H])c([2H])c(COCCCCCCCCCCC)c([2H])c1[2H]. The fraction of sp³-hybridized carbons (Fsp3) is 0.667. The third-order valence-corrected chi connectivity index (χ3v) is 3.19. The van der Waals surface area contributed by atoms with Crippen LogP contribution in [0.2, 0.25) is 0 Å². The highest BCUT2D eigenvalue weighted by Gasteiger charge is 1.94. The van der Waals surface area contributed by atoms with Gasteiger partial charge in [0.05, 0.1) is 13.5 Å². The summed E-state index contributed by atoms with van der Waals surface area (Å²) in [5.74, 6) is 0. The summed E-state index contributed by atoms with van der Waals surface area (Å²) in [6, 6.07) is -1.26. The Hall–Kier alpha value is -0.820. The molecule has 1 rings (SSSR count). The lowest BCUT2D eigenvalue weighted by molar-refractivity contribution is 0.116. The Morgan fingerprint density at radius 1 is 0.842 bits per heavy atom. The van der Waals surface area contributed by atoms with E-state index in [-0.39, 0.29) is 42.4 Å². The average Bonchev–Trinajstić information content (AvgIpc) is 2.58. The lowest BCUT2D eigenvalue weighted by atomic mass is 10.1. The summed E-state index contributed by atoms with van der Waals surface area (Å²) >= 11 is 0. The third kappa shape index (κ3) is 9.72. The van der Waals surface area contributed by atoms with Crippen molar-refractivity contribution in [1.29, 1.82) is 0 Å². The number of unbranched alkanes of at least 4 members (excludes halogenated alkanes) is 8. The summed E-state index contributed by atoms with van der Waals surface area (Å²) in [6.07, 6.45) is 11.2. The lowest BCUT2D eigenvalue weighted by Crippen LogP contribution is -1.95. The first-order valence-electron chi connectivity index (χ1n) is 10.1. The van der Waals surface area contributed by atoms with Gasteiger partial charge in [0.15, 0.2) is 0 Å². The molecule has 0 aliphatic rings. The molecule has 0 heterocycles. The Morgan fingerprint density at radius 3 is 2.05 bits per heavy atom. The first-order chi connectivity index (χ1) is 11.5. The highest BCUT2D eigenvalue weighted by atomic mass is 16.5. The standard InChI is InChI=1S/C18H30O/c1-2-3-4-5-6-7-8-9-13-16-19-17-18-14-11-10-12-15-18/h10-12,14-15H,2-9,13,16-17H2,1H3/i10D,11D,12D,14D,15D. The fourth-order valence-corrected chi connectivity index (χ4v) is 2.04. The molecule has 0 aliphatic heterocycles. The second kappa shape index (κ2) is 12.2. The van der Waals surface area contributed by atoms with E-state index in [4.69, 9.17) is 11.6 Å². The monoisotopic (exact) mass is 267 g/mol. The molecule has 0 aliphatic carbocycles. The molecule has 19 heavy (non-hydrogen) atoms. The van der Waals surface area contributed by atoms with Crippen molar-refractivity contribution < 1.29 is 11.6 Å². The molecule has 0 N–H and O–H groups in total. The van der Waals surface area contributed by atoms with Gasteiger partial charge in [0.2, 0.25) is 0 Å². The summed E-state index contributed by atoms with van der Waals surface area (Å²) in [5.41, 5.74) is 0.247. The summed E-state index contributed by atoms with van der Waals surface area (Å²) in [4.78, 5) is 0. The Labute approximate surface area is 126 Å². The molecule has 108 valence electrons. The molecule has 1 aromatic rings. The van der Waals surface area contributed by atoms with Gasteiger partial charge in [0.1, 0.15) is 0 Å². The van der Waals surface area contributed by atoms with Crippen molar-refractivity contribution in [2.45, 2.75) is 71.3 Å². The molecule has 1 aromatic carbocycles. The van der Waals surface area contributed by atoms with E-state index >= 15 is 0 Å². The zero-order chi connectivity index (χ0) is 17.9. The Kier molecular flexibility index (Phi) is 6.43. The highest BCUT2D eigenvalue weighted by molar-refractivity contribution is 5.13. The van der Waals surface area contributed by atoms with Gasteiger partial charge < -0.3 is 4.74 Å². The molecule has 0 saturated heterocycles. The maximum absolute atomic E-state index is 7.82. The molecule has 0 atom stereocenters. The van der Waals surface area contributed by atoms with Crippen molar-refractivity contribution in [3.8, 4) is 0 Å². The van der Waals surface area contributed by atoms with Crippen molar-refractivity contribution in [1.82, 2.24) is 0 Å². The first-order valence-corrected chi connectivity index (χ1v) is 7.64. The van der Waals surface area contributed by atoms with Gasteiger partial charge in [0, 0.05) is 6.61 Å². The van der Waals surface area contributed by atoms with E-state index in [9.17, 15) is 0 Å². The lowest BCUT2D eigenvalue weighted by Gasteiger charge is -2.04. The molecule has 0 bridgehead atoms. The smallest absolute Gasteiger partial charge is 0.0716 e. The van der Waals surface area contributed by atoms with E-state index in [0.717, 1.165) is 12.8 Å². The maximum atomic E-state index is 7.82. The number of hydrogen-bond donors (Lipinski definition) is 0. The molecule has 0 aromatic heterocycles. The number of rotatable bonds is 12. The van der Waals surface area contributed by atoms with Crippen LogP contribution in [0.5, 0.6) is 0 Å². The molecule has 0 fully saturated rings. The van der Waals surface area contributed by atoms with Gasteiger partial charge in [-0.15, -0.1) is 0 Å². The number of benzene rings is 1. The topological polar surface area (TPSA) is 9.23 Å². The third-order valence-electron chi connectivity index (χ3n) is 3.19. The van der Waals surface area contributed by atoms with Crippen LogP contribution in [0.3, 0.4) is 0 Å². The first kappa shape index (κ1) is 9.99. The summed E-state index contributed by atoms with van der Waals surface area (Å²) in [7, 11) is 0. The van der Waals surface area contributed by atoms with Crippen LogP contribution in [0.25, 0.3) is 0 Å². The van der Waals surface area contributed by atoms with Crippen LogP contribution in [-0.2, 0) is 11.3 Å². The predicted molar refractivity (Wildman–Crippen MR) is 83.3 cm³/mol. The molecular weight excluding hydrogens is 232 g/mol. The van der Waals surface area contributed by atoms with Gasteiger partial charge in [-0.3, -0.25) is 0 Å². The number of hydrogen-bond acceptors (Lipinski definition) is 1. The van der Waals surface area contributed by atoms with Gasteiger partial charge in [-0.25, -0.2) is 0 Å². The molecule has 0 amide bonds. The van der Waals surface area contributed by atoms with Gasteiger partial charge in [0.25, 0.3) is 0 Å². The van der Waals surface area contributed by atoms with Crippen LogP contribution in [0.4, 0.5) is 0 Å². The van der Waals surface area contributed by atoms with Crippen molar-refractivity contribution in [3.63, 3.8) is 0 Å². The molecular formula is C18H30O. The summed E-state index contributed by atoms with van der Waals surface area (Å²) < 4.78 is 44.0. The minimum absolute atomic E-state index is 0.0761. The second-order valence-electron chi connectivity index (χ2n) is 4.98. The second-order valence-corrected chi connectivity index (χ2v) is 4.98. The van der Waals surface area contributed by atoms with Crippen LogP contribution >= 0.6 is 0 Å². The predicted octanol–water partition coefficient (Wildman–Crippen LogP) is 5.73. The van der Waals surface area contributed by atoms with Gasteiger partial charge in [-0.2, -0.15) is 0 Å². The zero-order valence-corrected chi connectivity index (χ0v) is 12.2. The Morgan fingerprint density at radius 2 is 1.42 bits per heavy atom. The van der Waals surface area contributed by atoms with Crippen LogP contribution in [0, 0.1) is 0 Å². The fourth-order valence-electron chi connectivity index (χ4n) is 2.04. The van der Waals surface area contributed by atoms with Crippen molar-refractivity contribution in [2.75, 3.05) is 6.61 Å². The van der Waals surface area contributed by atoms with E-state index in [2.05, 4.69) is 6.92 Å². The summed E-state index contributed by atoms with van der Waals surface area (Å²) in [6.45, 7) is 2.87. The van der Waals surface area contributed by atoms with E-state index < -0.39 is 0 Å². The largest absolute Gasteiger partial charge is 0.377 e. The molecule has 1 nitrogen and oxygen atoms in total. The molecule has 0 unspecified atom stereocenters. The van der Waals surface area contributed by atoms with E-state index in [1.807, 2.05) is 0 Å². The van der Waals surface area contributed by atoms with Crippen LogP contribution in [0.1, 0.15) is 77.1 Å². The van der Waals surface area contributed by atoms with E-state index in [1.165, 1.54) is 44.9 Å². The summed E-state index contributed by atoms with van der Waals surface area (Å²) in [5, 5.41) is 0. The van der Waals surface area contributed by atoms with Gasteiger partial charge >= 0.3 is 0 Å². The van der Waals surface area contributed by atoms with Crippen molar-refractivity contribution in [3.05, 3.63) is 35.8 Å². The van der Waals surface area contributed by atoms with Crippen LogP contribution in [0.15, 0.2) is 30.2 Å². The van der Waals surface area contributed by atoms with Gasteiger partial charge in [-0.1, -0.05) is 88.5 Å². The molecule has 0 saturated carbocycles. The quantitative estimate of drug-likeness (QED) is 0.439. The van der Waals surface area contributed by atoms with Crippen molar-refractivity contribution in [2.24, 2.45) is 0 Å². The Balaban J connectivity index is 2.20. The molecule has 0 spiro atoms. The highest BCUT2D eigenvalue weighted by Crippen LogP contribution is 2.09. The van der Waals surface area contributed by atoms with Gasteiger partial charge in [-0.05, 0) is 12.0 Å². The van der Waals surface area contributed by atoms with E-state index in [0.29, 0.717) is 6.61 Å². The minimum Gasteiger partial charge on any atom is -0.377 e. The normalized spacial score (nSPS) is 14.5. The van der Waals surface area contributed by atoms with Crippen molar-refractivity contribution >= 4 is 0 Å². The van der Waals surface area contributed by atoms with E-state index in [1.54, 1.807) is 0 Å². The molecule has 1 heteroatoms. The maximum Gasteiger partial charge on any atom is 0.0716 e. The zero-order valence-electron chi connectivity index (χ0n) is 17.2. The van der Waals surface area contributed by atoms with Crippen LogP contribution in [-0.4, -0.2) is 6.61 Å². The average molecular weight is 267 g/mol.